The lowest BCUT2D eigenvalue weighted by Gasteiger charge is -2.34. The molecule has 2 aliphatic rings. The van der Waals surface area contributed by atoms with Crippen LogP contribution in [0.3, 0.4) is 0 Å². The Morgan fingerprint density at radius 2 is 1.81 bits per heavy atom. The van der Waals surface area contributed by atoms with Gasteiger partial charge in [0.25, 0.3) is 0 Å². The molecule has 2 aliphatic carbocycles. The Labute approximate surface area is 97.7 Å². The average Bonchev–Trinajstić information content (AvgIpc) is 2.68. The Morgan fingerprint density at radius 1 is 1.25 bits per heavy atom. The standard InChI is InChI=1S/C11H21NO3S/c1-12(8-9-6-10(13)7-9)16(14,15)11-4-2-3-5-11/h9-11,13H,2-8H2,1H3. The molecule has 0 amide bonds. The molecule has 0 bridgehead atoms. The van der Waals surface area contributed by atoms with Gasteiger partial charge in [-0.3, -0.25) is 0 Å². The van der Waals surface area contributed by atoms with Crippen LogP contribution in [0.4, 0.5) is 0 Å². The molecular weight excluding hydrogens is 226 g/mol. The van der Waals surface area contributed by atoms with Gasteiger partial charge in [0.15, 0.2) is 0 Å². The number of hydrogen-bond donors (Lipinski definition) is 1. The number of hydrogen-bond acceptors (Lipinski definition) is 3. The van der Waals surface area contributed by atoms with Crippen molar-refractivity contribution in [2.45, 2.75) is 49.9 Å². The predicted molar refractivity (Wildman–Crippen MR) is 62.5 cm³/mol. The summed E-state index contributed by atoms with van der Waals surface area (Å²) >= 11 is 0. The topological polar surface area (TPSA) is 57.6 Å². The van der Waals surface area contributed by atoms with Gasteiger partial charge in [-0.2, -0.15) is 0 Å². The number of sulfonamides is 1. The molecule has 0 heterocycles. The lowest BCUT2D eigenvalue weighted by molar-refractivity contribution is 0.0366. The summed E-state index contributed by atoms with van der Waals surface area (Å²) < 4.78 is 25.8. The van der Waals surface area contributed by atoms with Gasteiger partial charge in [0.05, 0.1) is 11.4 Å². The molecule has 2 saturated carbocycles. The second kappa shape index (κ2) is 4.63. The second-order valence-electron chi connectivity index (χ2n) is 5.22. The van der Waals surface area contributed by atoms with Crippen LogP contribution in [0.5, 0.6) is 0 Å². The fraction of sp³-hybridized carbons (Fsp3) is 1.00. The summed E-state index contributed by atoms with van der Waals surface area (Å²) in [6.07, 6.45) is 5.03. The van der Waals surface area contributed by atoms with Crippen molar-refractivity contribution in [3.05, 3.63) is 0 Å². The Kier molecular flexibility index (Phi) is 3.56. The molecule has 0 aromatic heterocycles. The van der Waals surface area contributed by atoms with E-state index in [4.69, 9.17) is 0 Å². The molecule has 2 rings (SSSR count). The van der Waals surface area contributed by atoms with E-state index in [-0.39, 0.29) is 11.4 Å². The highest BCUT2D eigenvalue weighted by Gasteiger charge is 2.35. The fourth-order valence-electron chi connectivity index (χ4n) is 2.76. The molecule has 4 nitrogen and oxygen atoms in total. The maximum atomic E-state index is 12.2. The normalized spacial score (nSPS) is 31.9. The van der Waals surface area contributed by atoms with E-state index in [9.17, 15) is 13.5 Å². The third-order valence-corrected chi connectivity index (χ3v) is 6.22. The highest BCUT2D eigenvalue weighted by molar-refractivity contribution is 7.89. The van der Waals surface area contributed by atoms with E-state index in [0.29, 0.717) is 12.5 Å². The molecule has 0 radical (unpaired) electrons. The lowest BCUT2D eigenvalue weighted by Crippen LogP contribution is -2.42. The van der Waals surface area contributed by atoms with E-state index >= 15 is 0 Å². The number of rotatable bonds is 4. The predicted octanol–water partition coefficient (Wildman–Crippen LogP) is 0.961. The highest BCUT2D eigenvalue weighted by atomic mass is 32.2. The van der Waals surface area contributed by atoms with E-state index in [1.54, 1.807) is 7.05 Å². The van der Waals surface area contributed by atoms with Gasteiger partial charge < -0.3 is 5.11 Å². The first-order valence-electron chi connectivity index (χ1n) is 6.13. The first kappa shape index (κ1) is 12.3. The third-order valence-electron chi connectivity index (χ3n) is 3.88. The molecule has 94 valence electrons. The minimum Gasteiger partial charge on any atom is -0.393 e. The van der Waals surface area contributed by atoms with Crippen molar-refractivity contribution in [2.24, 2.45) is 5.92 Å². The largest absolute Gasteiger partial charge is 0.393 e. The second-order valence-corrected chi connectivity index (χ2v) is 7.54. The van der Waals surface area contributed by atoms with Crippen LogP contribution in [0.15, 0.2) is 0 Å². The SMILES string of the molecule is CN(CC1CC(O)C1)S(=O)(=O)C1CCCC1. The summed E-state index contributed by atoms with van der Waals surface area (Å²) in [5.41, 5.74) is 0. The van der Waals surface area contributed by atoms with Crippen molar-refractivity contribution < 1.29 is 13.5 Å². The summed E-state index contributed by atoms with van der Waals surface area (Å²) in [6, 6.07) is 0. The molecule has 1 N–H and O–H groups in total. The van der Waals surface area contributed by atoms with Gasteiger partial charge in [-0.05, 0) is 31.6 Å². The zero-order valence-corrected chi connectivity index (χ0v) is 10.6. The maximum absolute atomic E-state index is 12.2. The maximum Gasteiger partial charge on any atom is 0.216 e. The molecule has 0 aromatic rings. The van der Waals surface area contributed by atoms with Crippen molar-refractivity contribution in [3.63, 3.8) is 0 Å². The molecule has 0 aliphatic heterocycles. The molecule has 0 unspecified atom stereocenters. The molecule has 0 aromatic carbocycles. The molecule has 16 heavy (non-hydrogen) atoms. The van der Waals surface area contributed by atoms with Crippen LogP contribution in [-0.4, -0.2) is 42.8 Å². The fourth-order valence-corrected chi connectivity index (χ4v) is 4.61. The van der Waals surface area contributed by atoms with Gasteiger partial charge in [0.2, 0.25) is 10.0 Å². The van der Waals surface area contributed by atoms with Crippen LogP contribution in [0, 0.1) is 5.92 Å². The molecule has 2 fully saturated rings. The molecule has 0 atom stereocenters. The van der Waals surface area contributed by atoms with E-state index in [1.807, 2.05) is 0 Å². The number of aliphatic hydroxyl groups is 1. The zero-order valence-electron chi connectivity index (χ0n) is 9.80. The van der Waals surface area contributed by atoms with Crippen LogP contribution >= 0.6 is 0 Å². The number of aliphatic hydroxyl groups excluding tert-OH is 1. The molecule has 0 spiro atoms. The third kappa shape index (κ3) is 2.41. The van der Waals surface area contributed by atoms with E-state index in [0.717, 1.165) is 38.5 Å². The van der Waals surface area contributed by atoms with Crippen LogP contribution in [0.25, 0.3) is 0 Å². The Morgan fingerprint density at radius 3 is 2.31 bits per heavy atom. The van der Waals surface area contributed by atoms with Gasteiger partial charge in [-0.1, -0.05) is 12.8 Å². The summed E-state index contributed by atoms with van der Waals surface area (Å²) in [6.45, 7) is 0.579. The van der Waals surface area contributed by atoms with E-state index < -0.39 is 10.0 Å². The van der Waals surface area contributed by atoms with Gasteiger partial charge in [0.1, 0.15) is 0 Å². The number of nitrogens with zero attached hydrogens (tertiary/aromatic N) is 1. The lowest BCUT2D eigenvalue weighted by atomic mass is 9.82. The van der Waals surface area contributed by atoms with Crippen LogP contribution in [0.2, 0.25) is 0 Å². The summed E-state index contributed by atoms with van der Waals surface area (Å²) in [7, 11) is -1.40. The van der Waals surface area contributed by atoms with Crippen molar-refractivity contribution >= 4 is 10.0 Å². The van der Waals surface area contributed by atoms with Crippen LogP contribution < -0.4 is 0 Å². The van der Waals surface area contributed by atoms with Crippen molar-refractivity contribution in [3.8, 4) is 0 Å². The molecular formula is C11H21NO3S. The summed E-state index contributed by atoms with van der Waals surface area (Å²) in [5.74, 6) is 0.358. The van der Waals surface area contributed by atoms with Crippen molar-refractivity contribution in [1.29, 1.82) is 0 Å². The van der Waals surface area contributed by atoms with Gasteiger partial charge in [0, 0.05) is 13.6 Å². The van der Waals surface area contributed by atoms with E-state index in [1.165, 1.54) is 4.31 Å². The Hall–Kier alpha value is -0.130. The highest BCUT2D eigenvalue weighted by Crippen LogP contribution is 2.31. The summed E-state index contributed by atoms with van der Waals surface area (Å²) in [4.78, 5) is 0. The van der Waals surface area contributed by atoms with Crippen LogP contribution in [0.1, 0.15) is 38.5 Å². The molecule has 0 saturated heterocycles. The average molecular weight is 247 g/mol. The quantitative estimate of drug-likeness (QED) is 0.805. The first-order chi connectivity index (χ1) is 7.50. The minimum absolute atomic E-state index is 0.150. The Bertz CT molecular complexity index is 329. The summed E-state index contributed by atoms with van der Waals surface area (Å²) in [5, 5.41) is 9.03. The van der Waals surface area contributed by atoms with E-state index in [2.05, 4.69) is 0 Å². The Balaban J connectivity index is 1.89. The van der Waals surface area contributed by atoms with Gasteiger partial charge in [-0.25, -0.2) is 12.7 Å². The van der Waals surface area contributed by atoms with Gasteiger partial charge >= 0.3 is 0 Å². The van der Waals surface area contributed by atoms with Crippen molar-refractivity contribution in [1.82, 2.24) is 4.31 Å². The smallest absolute Gasteiger partial charge is 0.216 e. The molecule has 5 heteroatoms. The first-order valence-corrected chi connectivity index (χ1v) is 7.63. The van der Waals surface area contributed by atoms with Gasteiger partial charge in [-0.15, -0.1) is 0 Å². The van der Waals surface area contributed by atoms with Crippen LogP contribution in [-0.2, 0) is 10.0 Å². The van der Waals surface area contributed by atoms with Crippen molar-refractivity contribution in [2.75, 3.05) is 13.6 Å². The zero-order chi connectivity index (χ0) is 11.8. The monoisotopic (exact) mass is 247 g/mol. The minimum atomic E-state index is -3.08.